The van der Waals surface area contributed by atoms with Crippen molar-refractivity contribution >= 4 is 72.2 Å². The smallest absolute Gasteiger partial charge is 0.303 e. The van der Waals surface area contributed by atoms with Crippen LogP contribution in [0.3, 0.4) is 0 Å². The predicted octanol–water partition coefficient (Wildman–Crippen LogP) is 0.122. The van der Waals surface area contributed by atoms with Crippen molar-refractivity contribution in [3.8, 4) is 0 Å². The second-order valence-corrected chi connectivity index (χ2v) is 7.28. The first-order valence-electron chi connectivity index (χ1n) is 11.7. The van der Waals surface area contributed by atoms with Crippen LogP contribution in [0.2, 0.25) is 0 Å². The monoisotopic (exact) mass is 518 g/mol. The molecule has 0 bridgehead atoms. The summed E-state index contributed by atoms with van der Waals surface area (Å²) in [4.78, 5) is 70.9. The highest BCUT2D eigenvalue weighted by Gasteiger charge is 2.23. The molecule has 1 rings (SSSR count). The summed E-state index contributed by atoms with van der Waals surface area (Å²) in [5.74, 6) is -6.63. The van der Waals surface area contributed by atoms with Crippen LogP contribution >= 0.6 is 25.3 Å². The van der Waals surface area contributed by atoms with E-state index in [0.29, 0.717) is 0 Å². The summed E-state index contributed by atoms with van der Waals surface area (Å²) in [5.41, 5.74) is -1.23. The number of hydrogen-bond acceptors (Lipinski definition) is 8. The fourth-order valence-corrected chi connectivity index (χ4v) is 2.63. The summed E-state index contributed by atoms with van der Waals surface area (Å²) in [6, 6.07) is -5.93. The van der Waals surface area contributed by atoms with Gasteiger partial charge in [0.25, 0.3) is 0 Å². The van der Waals surface area contributed by atoms with Crippen molar-refractivity contribution < 1.29 is 44.5 Å². The Morgan fingerprint density at radius 2 is 1.18 bits per heavy atom. The second-order valence-electron chi connectivity index (χ2n) is 6.65. The zero-order chi connectivity index (χ0) is 29.2. The van der Waals surface area contributed by atoms with Crippen LogP contribution < -0.4 is 21.3 Å². The maximum Gasteiger partial charge on any atom is 0.303 e. The molecule has 0 fully saturated rings. The molecule has 0 aliphatic carbocycles. The first-order chi connectivity index (χ1) is 17.7. The highest BCUT2D eigenvalue weighted by atomic mass is 32.1. The van der Waals surface area contributed by atoms with Gasteiger partial charge in [-0.2, -0.15) is 25.3 Å². The van der Waals surface area contributed by atoms with E-state index in [-0.39, 0.29) is 24.3 Å². The summed E-state index contributed by atoms with van der Waals surface area (Å²) in [5, 5.41) is 26.7. The zero-order valence-electron chi connectivity index (χ0n) is 21.6. The molecule has 0 radical (unpaired) electrons. The van der Waals surface area contributed by atoms with Gasteiger partial charge in [0.2, 0.25) is 23.6 Å². The van der Waals surface area contributed by atoms with E-state index in [0.717, 1.165) is 0 Å². The summed E-state index contributed by atoms with van der Waals surface area (Å²) < 4.78 is 32.5. The van der Waals surface area contributed by atoms with Crippen molar-refractivity contribution in [1.82, 2.24) is 10.6 Å². The van der Waals surface area contributed by atoms with Crippen LogP contribution in [0.1, 0.15) is 31.2 Å². The van der Waals surface area contributed by atoms with Crippen molar-refractivity contribution in [1.29, 1.82) is 0 Å². The van der Waals surface area contributed by atoms with Crippen molar-refractivity contribution in [2.75, 3.05) is 22.1 Å². The maximum atomic E-state index is 12.8. The largest absolute Gasteiger partial charge is 0.481 e. The average molecular weight is 519 g/mol. The number of carbonyl (C=O) groups excluding carboxylic acids is 4. The molecule has 34 heavy (non-hydrogen) atoms. The molecule has 2 atom stereocenters. The molecule has 1 aromatic rings. The Labute approximate surface area is 211 Å². The van der Waals surface area contributed by atoms with E-state index in [1.165, 1.54) is 0 Å². The van der Waals surface area contributed by atoms with E-state index in [1.807, 2.05) is 0 Å². The number of carbonyl (C=O) groups is 6. The lowest BCUT2D eigenvalue weighted by Gasteiger charge is -2.19. The number of nitrogens with one attached hydrogen (secondary N) is 4. The first-order valence-corrected chi connectivity index (χ1v) is 11.0. The summed E-state index contributed by atoms with van der Waals surface area (Å²) >= 11 is 7.54. The first kappa shape index (κ1) is 22.5. The third kappa shape index (κ3) is 11.0. The van der Waals surface area contributed by atoms with Crippen molar-refractivity contribution in [2.45, 2.75) is 37.8 Å². The third-order valence-electron chi connectivity index (χ3n) is 4.01. The van der Waals surface area contributed by atoms with E-state index in [2.05, 4.69) is 46.5 Å². The minimum absolute atomic E-state index is 0.322. The number of carboxylic acid groups (broad SMARTS) is 2. The summed E-state index contributed by atoms with van der Waals surface area (Å²) in [6.45, 7) is 0. The Morgan fingerprint density at radius 3 is 1.50 bits per heavy atom. The third-order valence-corrected chi connectivity index (χ3v) is 4.58. The lowest BCUT2D eigenvalue weighted by Crippen LogP contribution is -2.45. The van der Waals surface area contributed by atoms with Crippen LogP contribution in [-0.2, 0) is 28.8 Å². The zero-order valence-corrected chi connectivity index (χ0v) is 19.4. The van der Waals surface area contributed by atoms with Crippen molar-refractivity contribution in [3.05, 3.63) is 24.2 Å². The molecule has 12 nitrogen and oxygen atoms in total. The molecule has 0 saturated carbocycles. The Hall–Kier alpha value is -3.26. The fraction of sp³-hybridized carbons (Fsp3) is 0.400. The van der Waals surface area contributed by atoms with Crippen LogP contribution in [0.25, 0.3) is 0 Å². The second kappa shape index (κ2) is 14.8. The number of aliphatic carboxylic acids is 2. The summed E-state index contributed by atoms with van der Waals surface area (Å²) in [6.07, 6.45) is -1.74. The standard InChI is InChI=1S/C20H26N4O8S2/c25-15(9-33)23-13(4-6-17(27)28)19(31)21-11-2-1-3-12(8-11)22-20(32)14(5-7-18(29)30)24-16(26)10-34/h1-3,8,13-14,33-34H,4-7,9-10H2,(H,21,31)(H,22,32)(H,23,25)(H,24,26)(H,27,28)(H,29,30)/t13-,14-/m1/s1/i1D,2D,3D,8D. The number of benzene rings is 1. The molecule has 6 N–H and O–H groups in total. The van der Waals surface area contributed by atoms with Gasteiger partial charge in [-0.15, -0.1) is 0 Å². The quantitative estimate of drug-likeness (QED) is 0.159. The number of hydrogen-bond donors (Lipinski definition) is 8. The molecule has 0 saturated heterocycles. The molecule has 0 aliphatic rings. The van der Waals surface area contributed by atoms with E-state index >= 15 is 0 Å². The van der Waals surface area contributed by atoms with Gasteiger partial charge < -0.3 is 31.5 Å². The number of rotatable bonds is 14. The van der Waals surface area contributed by atoms with Crippen molar-refractivity contribution in [2.24, 2.45) is 0 Å². The molecule has 0 aliphatic heterocycles. The van der Waals surface area contributed by atoms with Gasteiger partial charge in [-0.05, 0) is 31.0 Å². The van der Waals surface area contributed by atoms with E-state index < -0.39 is 96.0 Å². The fourth-order valence-electron chi connectivity index (χ4n) is 2.44. The van der Waals surface area contributed by atoms with Gasteiger partial charge in [-0.3, -0.25) is 28.8 Å². The molecule has 0 heterocycles. The Kier molecular flexibility index (Phi) is 9.81. The van der Waals surface area contributed by atoms with Crippen LogP contribution in [0.4, 0.5) is 11.4 Å². The molecule has 0 aromatic heterocycles. The van der Waals surface area contributed by atoms with Crippen molar-refractivity contribution in [3.63, 3.8) is 0 Å². The molecule has 0 spiro atoms. The van der Waals surface area contributed by atoms with Gasteiger partial charge in [0.05, 0.1) is 17.0 Å². The van der Waals surface area contributed by atoms with Gasteiger partial charge >= 0.3 is 11.9 Å². The molecule has 1 aromatic carbocycles. The molecular formula is C20H26N4O8S2. The Bertz CT molecular complexity index is 1040. The predicted molar refractivity (Wildman–Crippen MR) is 129 cm³/mol. The lowest BCUT2D eigenvalue weighted by molar-refractivity contribution is -0.138. The van der Waals surface area contributed by atoms with Gasteiger partial charge in [-0.1, -0.05) is 6.04 Å². The van der Waals surface area contributed by atoms with Crippen LogP contribution in [0.5, 0.6) is 0 Å². The van der Waals surface area contributed by atoms with Crippen LogP contribution in [-0.4, -0.2) is 69.4 Å². The molecular weight excluding hydrogens is 488 g/mol. The topological polar surface area (TPSA) is 191 Å². The number of carboxylic acids is 2. The highest BCUT2D eigenvalue weighted by Crippen LogP contribution is 2.17. The number of anilines is 2. The average Bonchev–Trinajstić information content (AvgIpc) is 2.87. The summed E-state index contributed by atoms with van der Waals surface area (Å²) in [7, 11) is 0. The van der Waals surface area contributed by atoms with E-state index in [4.69, 9.17) is 15.7 Å². The molecule has 14 heteroatoms. The number of amides is 4. The minimum atomic E-state index is -1.41. The Morgan fingerprint density at radius 1 is 0.794 bits per heavy atom. The van der Waals surface area contributed by atoms with Gasteiger partial charge in [-0.25, -0.2) is 0 Å². The molecule has 4 amide bonds. The molecule has 186 valence electrons. The molecule has 0 unspecified atom stereocenters. The van der Waals surface area contributed by atoms with Gasteiger partial charge in [0.1, 0.15) is 12.1 Å². The van der Waals surface area contributed by atoms with E-state index in [9.17, 15) is 28.8 Å². The minimum Gasteiger partial charge on any atom is -0.481 e. The maximum absolute atomic E-state index is 12.8. The lowest BCUT2D eigenvalue weighted by atomic mass is 10.1. The Balaban J connectivity index is 3.36. The van der Waals surface area contributed by atoms with Gasteiger partial charge in [0.15, 0.2) is 0 Å². The number of thiol groups is 2. The van der Waals surface area contributed by atoms with E-state index in [1.54, 1.807) is 0 Å². The highest BCUT2D eigenvalue weighted by molar-refractivity contribution is 7.81. The van der Waals surface area contributed by atoms with Crippen LogP contribution in [0, 0.1) is 0 Å². The normalized spacial score (nSPS) is 13.7. The van der Waals surface area contributed by atoms with Gasteiger partial charge in [0, 0.05) is 24.2 Å². The van der Waals surface area contributed by atoms with Crippen LogP contribution in [0.15, 0.2) is 24.2 Å². The SMILES string of the molecule is [2H]c1c([2H])c(NC(=O)[C@@H](CCC(=O)O)NC(=O)CS)c([2H])c(NC(=O)[C@@H](CCC(=O)O)NC(=O)CS)c1[2H].